The molecule has 0 aliphatic heterocycles. The predicted molar refractivity (Wildman–Crippen MR) is 105 cm³/mol. The SMILES string of the molecule is COc1ccccc1[C@@H](NC(=O)c1csc(-c2ccco2)n1)c1nccn1C. The van der Waals surface area contributed by atoms with Crippen LogP contribution in [0.3, 0.4) is 0 Å². The summed E-state index contributed by atoms with van der Waals surface area (Å²) < 4.78 is 12.7. The molecule has 0 unspecified atom stereocenters. The molecular formula is C20H18N4O3S. The molecular weight excluding hydrogens is 376 g/mol. The van der Waals surface area contributed by atoms with Crippen LogP contribution in [0.5, 0.6) is 5.75 Å². The first-order valence-electron chi connectivity index (χ1n) is 8.57. The standard InChI is InChI=1S/C20H18N4O3S/c1-24-10-9-21-18(24)17(13-6-3-4-7-15(13)26-2)23-19(25)14-12-28-20(22-14)16-8-5-11-27-16/h3-12,17H,1-2H3,(H,23,25)/t17-/m1/s1. The van der Waals surface area contributed by atoms with Crippen LogP contribution in [0.4, 0.5) is 0 Å². The Kier molecular flexibility index (Phi) is 4.94. The van der Waals surface area contributed by atoms with Crippen molar-refractivity contribution >= 4 is 17.2 Å². The van der Waals surface area contributed by atoms with Gasteiger partial charge in [0.1, 0.15) is 23.3 Å². The van der Waals surface area contributed by atoms with Crippen molar-refractivity contribution in [3.8, 4) is 16.5 Å². The average molecular weight is 394 g/mol. The number of para-hydroxylation sites is 1. The summed E-state index contributed by atoms with van der Waals surface area (Å²) in [7, 11) is 3.49. The van der Waals surface area contributed by atoms with Crippen LogP contribution in [0.2, 0.25) is 0 Å². The highest BCUT2D eigenvalue weighted by molar-refractivity contribution is 7.13. The third-order valence-electron chi connectivity index (χ3n) is 4.31. The Morgan fingerprint density at radius 2 is 2.14 bits per heavy atom. The van der Waals surface area contributed by atoms with Gasteiger partial charge in [0.15, 0.2) is 10.8 Å². The van der Waals surface area contributed by atoms with E-state index < -0.39 is 6.04 Å². The Hall–Kier alpha value is -3.39. The second kappa shape index (κ2) is 7.69. The first kappa shape index (κ1) is 18.0. The molecule has 1 N–H and O–H groups in total. The highest BCUT2D eigenvalue weighted by Crippen LogP contribution is 2.30. The smallest absolute Gasteiger partial charge is 0.271 e. The number of hydrogen-bond donors (Lipinski definition) is 1. The fraction of sp³-hybridized carbons (Fsp3) is 0.150. The molecule has 1 aromatic carbocycles. The highest BCUT2D eigenvalue weighted by atomic mass is 32.1. The Morgan fingerprint density at radius 3 is 2.86 bits per heavy atom. The Balaban J connectivity index is 1.66. The number of imidazole rings is 1. The molecule has 0 bridgehead atoms. The van der Waals surface area contributed by atoms with E-state index in [9.17, 15) is 4.79 Å². The third-order valence-corrected chi connectivity index (χ3v) is 5.17. The van der Waals surface area contributed by atoms with E-state index in [1.165, 1.54) is 11.3 Å². The molecule has 0 saturated heterocycles. The molecule has 4 rings (SSSR count). The quantitative estimate of drug-likeness (QED) is 0.540. The minimum Gasteiger partial charge on any atom is -0.496 e. The maximum Gasteiger partial charge on any atom is 0.271 e. The van der Waals surface area contributed by atoms with Gasteiger partial charge in [-0.05, 0) is 18.2 Å². The number of methoxy groups -OCH3 is 1. The van der Waals surface area contributed by atoms with Gasteiger partial charge in [0.05, 0.1) is 13.4 Å². The minimum atomic E-state index is -0.489. The number of furan rings is 1. The minimum absolute atomic E-state index is 0.298. The highest BCUT2D eigenvalue weighted by Gasteiger charge is 2.25. The molecule has 7 nitrogen and oxygen atoms in total. The number of rotatable bonds is 6. The lowest BCUT2D eigenvalue weighted by atomic mass is 10.0. The van der Waals surface area contributed by atoms with Gasteiger partial charge in [0.25, 0.3) is 5.91 Å². The fourth-order valence-electron chi connectivity index (χ4n) is 2.94. The number of aryl methyl sites for hydroxylation is 1. The van der Waals surface area contributed by atoms with Gasteiger partial charge in [0, 0.05) is 30.4 Å². The first-order chi connectivity index (χ1) is 13.7. The number of ether oxygens (including phenoxy) is 1. The van der Waals surface area contributed by atoms with Gasteiger partial charge in [-0.2, -0.15) is 0 Å². The second-order valence-corrected chi connectivity index (χ2v) is 6.92. The number of carbonyl (C=O) groups excluding carboxylic acids is 1. The molecule has 3 heterocycles. The zero-order valence-corrected chi connectivity index (χ0v) is 16.1. The van der Waals surface area contributed by atoms with Gasteiger partial charge < -0.3 is 19.0 Å². The first-order valence-corrected chi connectivity index (χ1v) is 9.45. The summed E-state index contributed by atoms with van der Waals surface area (Å²) in [4.78, 5) is 21.8. The molecule has 28 heavy (non-hydrogen) atoms. The molecule has 0 radical (unpaired) electrons. The number of hydrogen-bond acceptors (Lipinski definition) is 6. The van der Waals surface area contributed by atoms with Crippen LogP contribution in [0.1, 0.15) is 27.9 Å². The largest absolute Gasteiger partial charge is 0.496 e. The van der Waals surface area contributed by atoms with Gasteiger partial charge in [-0.1, -0.05) is 18.2 Å². The Morgan fingerprint density at radius 1 is 1.29 bits per heavy atom. The maximum atomic E-state index is 12.9. The normalized spacial score (nSPS) is 11.9. The molecule has 0 aliphatic rings. The summed E-state index contributed by atoms with van der Waals surface area (Å²) in [6.45, 7) is 0. The average Bonchev–Trinajstić information content (AvgIpc) is 3.47. The summed E-state index contributed by atoms with van der Waals surface area (Å²) in [5, 5.41) is 5.40. The van der Waals surface area contributed by atoms with Crippen LogP contribution in [-0.2, 0) is 7.05 Å². The number of nitrogens with zero attached hydrogens (tertiary/aromatic N) is 3. The summed E-state index contributed by atoms with van der Waals surface area (Å²) >= 11 is 1.36. The zero-order chi connectivity index (χ0) is 19.5. The van der Waals surface area contributed by atoms with E-state index in [0.29, 0.717) is 28.0 Å². The van der Waals surface area contributed by atoms with Crippen LogP contribution in [-0.4, -0.2) is 27.6 Å². The molecule has 0 fully saturated rings. The van der Waals surface area contributed by atoms with Crippen molar-refractivity contribution in [1.29, 1.82) is 0 Å². The van der Waals surface area contributed by atoms with Crippen molar-refractivity contribution < 1.29 is 13.9 Å². The van der Waals surface area contributed by atoms with Gasteiger partial charge >= 0.3 is 0 Å². The van der Waals surface area contributed by atoms with Crippen LogP contribution in [0.25, 0.3) is 10.8 Å². The van der Waals surface area contributed by atoms with E-state index in [2.05, 4.69) is 15.3 Å². The number of thiazole rings is 1. The van der Waals surface area contributed by atoms with Crippen LogP contribution < -0.4 is 10.1 Å². The van der Waals surface area contributed by atoms with Crippen LogP contribution in [0.15, 0.2) is 64.9 Å². The van der Waals surface area contributed by atoms with Crippen molar-refractivity contribution in [2.75, 3.05) is 7.11 Å². The van der Waals surface area contributed by atoms with E-state index in [4.69, 9.17) is 9.15 Å². The van der Waals surface area contributed by atoms with Gasteiger partial charge in [-0.3, -0.25) is 4.79 Å². The lowest BCUT2D eigenvalue weighted by Crippen LogP contribution is -2.31. The van der Waals surface area contributed by atoms with E-state index in [1.807, 2.05) is 48.1 Å². The molecule has 4 aromatic rings. The Bertz CT molecular complexity index is 1080. The summed E-state index contributed by atoms with van der Waals surface area (Å²) in [5.74, 6) is 1.70. The molecule has 0 saturated carbocycles. The van der Waals surface area contributed by atoms with E-state index in [-0.39, 0.29) is 5.91 Å². The van der Waals surface area contributed by atoms with Crippen molar-refractivity contribution in [1.82, 2.24) is 19.9 Å². The summed E-state index contributed by atoms with van der Waals surface area (Å²) in [5.41, 5.74) is 1.14. The lowest BCUT2D eigenvalue weighted by molar-refractivity contribution is 0.0936. The Labute approximate surface area is 165 Å². The van der Waals surface area contributed by atoms with Gasteiger partial charge in [-0.25, -0.2) is 9.97 Å². The van der Waals surface area contributed by atoms with E-state index in [0.717, 1.165) is 5.56 Å². The van der Waals surface area contributed by atoms with Gasteiger partial charge in [-0.15, -0.1) is 11.3 Å². The summed E-state index contributed by atoms with van der Waals surface area (Å²) in [6.07, 6.45) is 5.11. The monoisotopic (exact) mass is 394 g/mol. The third kappa shape index (κ3) is 3.41. The van der Waals surface area contributed by atoms with Crippen molar-refractivity contribution in [2.45, 2.75) is 6.04 Å². The van der Waals surface area contributed by atoms with E-state index in [1.54, 1.807) is 31.0 Å². The number of aromatic nitrogens is 3. The maximum absolute atomic E-state index is 12.9. The van der Waals surface area contributed by atoms with Crippen LogP contribution in [0, 0.1) is 0 Å². The number of benzene rings is 1. The zero-order valence-electron chi connectivity index (χ0n) is 15.3. The molecule has 1 atom stereocenters. The van der Waals surface area contributed by atoms with E-state index >= 15 is 0 Å². The van der Waals surface area contributed by atoms with Crippen molar-refractivity contribution in [2.24, 2.45) is 7.05 Å². The fourth-order valence-corrected chi connectivity index (χ4v) is 3.70. The topological polar surface area (TPSA) is 82.2 Å². The predicted octanol–water partition coefficient (Wildman–Crippen LogP) is 3.66. The van der Waals surface area contributed by atoms with Gasteiger partial charge in [0.2, 0.25) is 0 Å². The summed E-state index contributed by atoms with van der Waals surface area (Å²) in [6, 6.07) is 10.7. The number of amides is 1. The molecule has 3 aromatic heterocycles. The lowest BCUT2D eigenvalue weighted by Gasteiger charge is -2.20. The second-order valence-electron chi connectivity index (χ2n) is 6.06. The molecule has 0 aliphatic carbocycles. The molecule has 8 heteroatoms. The van der Waals surface area contributed by atoms with Crippen molar-refractivity contribution in [3.05, 3.63) is 77.5 Å². The van der Waals surface area contributed by atoms with Crippen LogP contribution >= 0.6 is 11.3 Å². The molecule has 0 spiro atoms. The molecule has 142 valence electrons. The molecule has 1 amide bonds. The number of carbonyl (C=O) groups is 1. The number of nitrogens with one attached hydrogen (secondary N) is 1. The van der Waals surface area contributed by atoms with Crippen molar-refractivity contribution in [3.63, 3.8) is 0 Å².